The summed E-state index contributed by atoms with van der Waals surface area (Å²) < 4.78 is 2.02. The minimum absolute atomic E-state index is 0.0439. The van der Waals surface area contributed by atoms with Gasteiger partial charge in [0.15, 0.2) is 0 Å². The summed E-state index contributed by atoms with van der Waals surface area (Å²) in [5, 5.41) is 2.96. The molecule has 1 N–H and O–H groups in total. The smallest absolute Gasteiger partial charge is 0.251 e. The molecule has 0 radical (unpaired) electrons. The predicted molar refractivity (Wildman–Crippen MR) is 90.7 cm³/mol. The molecular weight excluding hydrogens is 286 g/mol. The minimum Gasteiger partial charge on any atom is -0.348 e. The third-order valence-electron chi connectivity index (χ3n) is 3.88. The molecule has 4 nitrogen and oxygen atoms in total. The van der Waals surface area contributed by atoms with Crippen molar-refractivity contribution in [3.8, 4) is 5.69 Å². The molecule has 116 valence electrons. The highest BCUT2D eigenvalue weighted by molar-refractivity contribution is 5.95. The van der Waals surface area contributed by atoms with Crippen LogP contribution in [0.5, 0.6) is 0 Å². The summed E-state index contributed by atoms with van der Waals surface area (Å²) in [5.74, 6) is 0.906. The van der Waals surface area contributed by atoms with E-state index in [0.717, 1.165) is 28.2 Å². The van der Waals surface area contributed by atoms with Gasteiger partial charge in [0, 0.05) is 30.2 Å². The number of aryl methyl sites for hydroxylation is 2. The zero-order valence-electron chi connectivity index (χ0n) is 13.3. The number of hydrogen-bond acceptors (Lipinski definition) is 2. The highest BCUT2D eigenvalue weighted by Gasteiger charge is 2.07. The van der Waals surface area contributed by atoms with Gasteiger partial charge in [0.2, 0.25) is 0 Å². The lowest BCUT2D eigenvalue weighted by Crippen LogP contribution is -2.23. The van der Waals surface area contributed by atoms with Gasteiger partial charge in [-0.1, -0.05) is 30.3 Å². The first-order valence-electron chi connectivity index (χ1n) is 7.58. The monoisotopic (exact) mass is 305 g/mol. The molecule has 1 aromatic heterocycles. The second kappa shape index (κ2) is 6.48. The van der Waals surface area contributed by atoms with Crippen LogP contribution < -0.4 is 5.32 Å². The first kappa shape index (κ1) is 15.0. The third kappa shape index (κ3) is 3.31. The van der Waals surface area contributed by atoms with Gasteiger partial charge in [0.1, 0.15) is 5.82 Å². The number of benzene rings is 2. The van der Waals surface area contributed by atoms with Crippen LogP contribution >= 0.6 is 0 Å². The van der Waals surface area contributed by atoms with E-state index >= 15 is 0 Å². The number of carbonyl (C=O) groups is 1. The predicted octanol–water partition coefficient (Wildman–Crippen LogP) is 3.42. The maximum Gasteiger partial charge on any atom is 0.251 e. The number of rotatable bonds is 4. The van der Waals surface area contributed by atoms with Crippen LogP contribution in [-0.4, -0.2) is 15.5 Å². The molecule has 0 bridgehead atoms. The van der Waals surface area contributed by atoms with Crippen molar-refractivity contribution in [1.82, 2.24) is 14.9 Å². The van der Waals surface area contributed by atoms with E-state index in [0.29, 0.717) is 6.54 Å². The van der Waals surface area contributed by atoms with E-state index in [-0.39, 0.29) is 5.91 Å². The Bertz CT molecular complexity index is 819. The summed E-state index contributed by atoms with van der Waals surface area (Å²) in [6, 6.07) is 15.7. The molecule has 0 aliphatic heterocycles. The molecule has 3 aromatic rings. The summed E-state index contributed by atoms with van der Waals surface area (Å²) in [7, 11) is 0. The second-order valence-electron chi connectivity index (χ2n) is 5.51. The maximum absolute atomic E-state index is 12.2. The number of carbonyl (C=O) groups excluding carboxylic acids is 1. The lowest BCUT2D eigenvalue weighted by Gasteiger charge is -2.09. The molecule has 0 saturated carbocycles. The van der Waals surface area contributed by atoms with E-state index in [1.807, 2.05) is 73.1 Å². The number of amides is 1. The lowest BCUT2D eigenvalue weighted by atomic mass is 10.1. The number of hydrogen-bond donors (Lipinski definition) is 1. The minimum atomic E-state index is -0.0439. The molecule has 0 spiro atoms. The first-order valence-corrected chi connectivity index (χ1v) is 7.58. The molecule has 0 unspecified atom stereocenters. The Morgan fingerprint density at radius 3 is 2.48 bits per heavy atom. The summed E-state index contributed by atoms with van der Waals surface area (Å²) in [4.78, 5) is 16.4. The topological polar surface area (TPSA) is 46.9 Å². The highest BCUT2D eigenvalue weighted by atomic mass is 16.1. The molecule has 23 heavy (non-hydrogen) atoms. The fraction of sp³-hybridized carbons (Fsp3) is 0.158. The Balaban J connectivity index is 1.66. The molecule has 2 aromatic carbocycles. The second-order valence-corrected chi connectivity index (χ2v) is 5.51. The van der Waals surface area contributed by atoms with Crippen molar-refractivity contribution in [2.75, 3.05) is 0 Å². The van der Waals surface area contributed by atoms with E-state index < -0.39 is 0 Å². The fourth-order valence-corrected chi connectivity index (χ4v) is 2.53. The molecular formula is C19H19N3O. The van der Waals surface area contributed by atoms with Crippen LogP contribution in [0.2, 0.25) is 0 Å². The van der Waals surface area contributed by atoms with Gasteiger partial charge in [0.05, 0.1) is 0 Å². The fourth-order valence-electron chi connectivity index (χ4n) is 2.53. The van der Waals surface area contributed by atoms with E-state index in [1.165, 1.54) is 0 Å². The van der Waals surface area contributed by atoms with Crippen molar-refractivity contribution >= 4 is 5.91 Å². The Labute approximate surface area is 135 Å². The molecule has 0 aliphatic rings. The van der Waals surface area contributed by atoms with Crippen molar-refractivity contribution in [2.45, 2.75) is 20.4 Å². The van der Waals surface area contributed by atoms with Crippen molar-refractivity contribution in [3.05, 3.63) is 83.4 Å². The Morgan fingerprint density at radius 1 is 1.09 bits per heavy atom. The number of nitrogens with one attached hydrogen (secondary N) is 1. The average molecular weight is 305 g/mol. The van der Waals surface area contributed by atoms with Crippen molar-refractivity contribution in [1.29, 1.82) is 0 Å². The van der Waals surface area contributed by atoms with Crippen LogP contribution in [-0.2, 0) is 6.54 Å². The van der Waals surface area contributed by atoms with Gasteiger partial charge in [-0.05, 0) is 43.2 Å². The number of imidazole rings is 1. The summed E-state index contributed by atoms with van der Waals surface area (Å²) in [6.07, 6.45) is 3.72. The summed E-state index contributed by atoms with van der Waals surface area (Å²) >= 11 is 0. The van der Waals surface area contributed by atoms with Crippen molar-refractivity contribution in [2.24, 2.45) is 0 Å². The van der Waals surface area contributed by atoms with Crippen molar-refractivity contribution in [3.63, 3.8) is 0 Å². The Hall–Kier alpha value is -2.88. The van der Waals surface area contributed by atoms with Crippen LogP contribution in [0.15, 0.2) is 60.9 Å². The molecule has 1 heterocycles. The van der Waals surface area contributed by atoms with Crippen LogP contribution in [0.25, 0.3) is 5.69 Å². The first-order chi connectivity index (χ1) is 11.1. The number of nitrogens with zero attached hydrogens (tertiary/aromatic N) is 2. The normalized spacial score (nSPS) is 10.5. The van der Waals surface area contributed by atoms with E-state index in [1.54, 1.807) is 6.20 Å². The molecule has 0 saturated heterocycles. The van der Waals surface area contributed by atoms with Gasteiger partial charge in [0.25, 0.3) is 5.91 Å². The molecule has 1 amide bonds. The van der Waals surface area contributed by atoms with Gasteiger partial charge in [-0.15, -0.1) is 0 Å². The van der Waals surface area contributed by atoms with Crippen LogP contribution in [0, 0.1) is 13.8 Å². The van der Waals surface area contributed by atoms with E-state index in [2.05, 4.69) is 10.3 Å². The maximum atomic E-state index is 12.2. The van der Waals surface area contributed by atoms with Gasteiger partial charge in [-0.2, -0.15) is 0 Å². The Morgan fingerprint density at radius 2 is 1.83 bits per heavy atom. The largest absolute Gasteiger partial charge is 0.348 e. The van der Waals surface area contributed by atoms with Crippen molar-refractivity contribution < 1.29 is 4.79 Å². The molecule has 3 rings (SSSR count). The average Bonchev–Trinajstić information content (AvgIpc) is 2.99. The SMILES string of the molecule is Cc1ccccc1C(=O)NCc1ccc(-n2ccnc2C)cc1. The molecule has 0 aliphatic carbocycles. The lowest BCUT2D eigenvalue weighted by molar-refractivity contribution is 0.0950. The number of aromatic nitrogens is 2. The zero-order chi connectivity index (χ0) is 16.2. The van der Waals surface area contributed by atoms with E-state index in [4.69, 9.17) is 0 Å². The van der Waals surface area contributed by atoms with Crippen LogP contribution in [0.3, 0.4) is 0 Å². The summed E-state index contributed by atoms with van der Waals surface area (Å²) in [5.41, 5.74) is 3.83. The van der Waals surface area contributed by atoms with Crippen LogP contribution in [0.1, 0.15) is 27.3 Å². The summed E-state index contributed by atoms with van der Waals surface area (Å²) in [6.45, 7) is 4.42. The van der Waals surface area contributed by atoms with Gasteiger partial charge in [-0.3, -0.25) is 4.79 Å². The molecule has 4 heteroatoms. The third-order valence-corrected chi connectivity index (χ3v) is 3.88. The van der Waals surface area contributed by atoms with Gasteiger partial charge < -0.3 is 9.88 Å². The van der Waals surface area contributed by atoms with E-state index in [9.17, 15) is 4.79 Å². The Kier molecular flexibility index (Phi) is 4.24. The van der Waals surface area contributed by atoms with Gasteiger partial charge in [-0.25, -0.2) is 4.98 Å². The molecule has 0 fully saturated rings. The zero-order valence-corrected chi connectivity index (χ0v) is 13.3. The quantitative estimate of drug-likeness (QED) is 0.803. The van der Waals surface area contributed by atoms with Gasteiger partial charge >= 0.3 is 0 Å². The standard InChI is InChI=1S/C19H19N3O/c1-14-5-3-4-6-18(14)19(23)21-13-16-7-9-17(10-8-16)22-12-11-20-15(22)2/h3-12H,13H2,1-2H3,(H,21,23). The molecule has 0 atom stereocenters. The highest BCUT2D eigenvalue weighted by Crippen LogP contribution is 2.12. The van der Waals surface area contributed by atoms with Crippen LogP contribution in [0.4, 0.5) is 0 Å².